The molecule has 3 aromatic heterocycles. The molecule has 7 rings (SSSR count). The standard InChI is InChI=1S/C32H22N6O3/c1-19-13-14-20(2)26(15-19)32-38-37-31(41-32)25-17-23(29-35-33-27(39-29)21-9-5-3-6-10-21)16-24(18-25)30-36-34-28(40-30)22-11-7-4-8-12-22/h3-18H,1-2H3. The van der Waals surface area contributed by atoms with Gasteiger partial charge in [-0.15, -0.1) is 30.6 Å². The highest BCUT2D eigenvalue weighted by Gasteiger charge is 2.20. The lowest BCUT2D eigenvalue weighted by molar-refractivity contribution is 0.580. The lowest BCUT2D eigenvalue weighted by Crippen LogP contribution is -1.87. The maximum atomic E-state index is 6.17. The summed E-state index contributed by atoms with van der Waals surface area (Å²) in [6.45, 7) is 4.04. The van der Waals surface area contributed by atoms with Crippen molar-refractivity contribution in [3.63, 3.8) is 0 Å². The van der Waals surface area contributed by atoms with Gasteiger partial charge >= 0.3 is 0 Å². The van der Waals surface area contributed by atoms with Crippen LogP contribution in [0.1, 0.15) is 11.1 Å². The van der Waals surface area contributed by atoms with E-state index in [9.17, 15) is 0 Å². The highest BCUT2D eigenvalue weighted by Crippen LogP contribution is 2.35. The summed E-state index contributed by atoms with van der Waals surface area (Å²) < 4.78 is 18.3. The van der Waals surface area contributed by atoms with Crippen molar-refractivity contribution in [3.8, 4) is 68.7 Å². The molecule has 0 unspecified atom stereocenters. The minimum atomic E-state index is 0.323. The summed E-state index contributed by atoms with van der Waals surface area (Å²) >= 11 is 0. The van der Waals surface area contributed by atoms with Crippen molar-refractivity contribution in [1.29, 1.82) is 0 Å². The molecule has 0 amide bonds. The van der Waals surface area contributed by atoms with Crippen LogP contribution in [0.4, 0.5) is 0 Å². The zero-order valence-corrected chi connectivity index (χ0v) is 22.1. The molecule has 3 heterocycles. The van der Waals surface area contributed by atoms with Crippen molar-refractivity contribution >= 4 is 0 Å². The monoisotopic (exact) mass is 538 g/mol. The molecule has 9 nitrogen and oxygen atoms in total. The van der Waals surface area contributed by atoms with Gasteiger partial charge in [0.15, 0.2) is 0 Å². The topological polar surface area (TPSA) is 117 Å². The third-order valence-electron chi connectivity index (χ3n) is 6.61. The summed E-state index contributed by atoms with van der Waals surface area (Å²) in [6.07, 6.45) is 0. The lowest BCUT2D eigenvalue weighted by Gasteiger charge is -2.04. The van der Waals surface area contributed by atoms with Gasteiger partial charge in [0.05, 0.1) is 0 Å². The Kier molecular flexibility index (Phi) is 6.01. The lowest BCUT2D eigenvalue weighted by atomic mass is 10.0. The van der Waals surface area contributed by atoms with E-state index >= 15 is 0 Å². The number of hydrogen-bond acceptors (Lipinski definition) is 9. The first kappa shape index (κ1) is 24.3. The number of aromatic nitrogens is 6. The van der Waals surface area contributed by atoms with E-state index < -0.39 is 0 Å². The minimum absolute atomic E-state index is 0.323. The quantitative estimate of drug-likeness (QED) is 0.213. The predicted molar refractivity (Wildman–Crippen MR) is 152 cm³/mol. The maximum absolute atomic E-state index is 6.17. The molecule has 0 aliphatic rings. The van der Waals surface area contributed by atoms with Crippen LogP contribution < -0.4 is 0 Å². The molecule has 0 atom stereocenters. The van der Waals surface area contributed by atoms with Crippen LogP contribution in [0.2, 0.25) is 0 Å². The summed E-state index contributed by atoms with van der Waals surface area (Å²) in [5.41, 5.74) is 6.58. The fraction of sp³-hybridized carbons (Fsp3) is 0.0625. The molecule has 0 saturated carbocycles. The molecule has 4 aromatic carbocycles. The van der Waals surface area contributed by atoms with E-state index in [4.69, 9.17) is 13.3 Å². The first-order valence-corrected chi connectivity index (χ1v) is 13.0. The van der Waals surface area contributed by atoms with Gasteiger partial charge in [-0.05, 0) is 67.9 Å². The van der Waals surface area contributed by atoms with E-state index in [-0.39, 0.29) is 0 Å². The summed E-state index contributed by atoms with van der Waals surface area (Å²) in [4.78, 5) is 0. The Morgan fingerprint density at radius 1 is 0.390 bits per heavy atom. The summed E-state index contributed by atoms with van der Waals surface area (Å²) in [5, 5.41) is 25.8. The third kappa shape index (κ3) is 4.80. The second-order valence-corrected chi connectivity index (χ2v) is 9.59. The maximum Gasteiger partial charge on any atom is 0.248 e. The van der Waals surface area contributed by atoms with Crippen LogP contribution in [0.5, 0.6) is 0 Å². The average Bonchev–Trinajstić information content (AvgIpc) is 3.81. The van der Waals surface area contributed by atoms with Crippen LogP contribution in [0, 0.1) is 13.8 Å². The molecule has 0 aliphatic carbocycles. The van der Waals surface area contributed by atoms with Crippen LogP contribution in [-0.2, 0) is 0 Å². The molecule has 41 heavy (non-hydrogen) atoms. The summed E-state index contributed by atoms with van der Waals surface area (Å²) in [7, 11) is 0. The molecular formula is C32H22N6O3. The van der Waals surface area contributed by atoms with Crippen molar-refractivity contribution in [2.24, 2.45) is 0 Å². The highest BCUT2D eigenvalue weighted by molar-refractivity contribution is 5.74. The molecule has 0 aliphatic heterocycles. The van der Waals surface area contributed by atoms with Gasteiger partial charge < -0.3 is 13.3 Å². The van der Waals surface area contributed by atoms with Crippen molar-refractivity contribution in [3.05, 3.63) is 108 Å². The second-order valence-electron chi connectivity index (χ2n) is 9.59. The molecular weight excluding hydrogens is 516 g/mol. The van der Waals surface area contributed by atoms with Gasteiger partial charge in [0.2, 0.25) is 35.3 Å². The molecule has 0 N–H and O–H groups in total. The number of hydrogen-bond donors (Lipinski definition) is 0. The van der Waals surface area contributed by atoms with E-state index in [0.29, 0.717) is 52.0 Å². The number of benzene rings is 4. The van der Waals surface area contributed by atoms with Gasteiger partial charge in [0.1, 0.15) is 0 Å². The van der Waals surface area contributed by atoms with Crippen molar-refractivity contribution in [1.82, 2.24) is 30.6 Å². The van der Waals surface area contributed by atoms with Gasteiger partial charge in [-0.3, -0.25) is 0 Å². The molecule has 0 spiro atoms. The first-order chi connectivity index (χ1) is 20.1. The Morgan fingerprint density at radius 3 is 1.24 bits per heavy atom. The highest BCUT2D eigenvalue weighted by atomic mass is 16.4. The summed E-state index contributed by atoms with van der Waals surface area (Å²) in [5.74, 6) is 2.22. The van der Waals surface area contributed by atoms with E-state index in [1.54, 1.807) is 0 Å². The van der Waals surface area contributed by atoms with Gasteiger partial charge in [0.25, 0.3) is 0 Å². The van der Waals surface area contributed by atoms with Crippen molar-refractivity contribution in [2.75, 3.05) is 0 Å². The van der Waals surface area contributed by atoms with Crippen molar-refractivity contribution < 1.29 is 13.3 Å². The number of nitrogens with zero attached hydrogens (tertiary/aromatic N) is 6. The molecule has 9 heteroatoms. The molecule has 7 aromatic rings. The Morgan fingerprint density at radius 2 is 0.780 bits per heavy atom. The van der Waals surface area contributed by atoms with Crippen molar-refractivity contribution in [2.45, 2.75) is 13.8 Å². The predicted octanol–water partition coefficient (Wildman–Crippen LogP) is 7.45. The average molecular weight is 539 g/mol. The largest absolute Gasteiger partial charge is 0.416 e. The van der Waals surface area contributed by atoms with E-state index in [0.717, 1.165) is 27.8 Å². The van der Waals surface area contributed by atoms with Crippen LogP contribution in [0.3, 0.4) is 0 Å². The fourth-order valence-electron chi connectivity index (χ4n) is 4.49. The molecule has 198 valence electrons. The normalized spacial score (nSPS) is 11.2. The van der Waals surface area contributed by atoms with Crippen LogP contribution in [0.15, 0.2) is 110 Å². The van der Waals surface area contributed by atoms with E-state index in [1.165, 1.54) is 0 Å². The van der Waals surface area contributed by atoms with Crippen LogP contribution >= 0.6 is 0 Å². The Balaban J connectivity index is 1.33. The van der Waals surface area contributed by atoms with E-state index in [2.05, 4.69) is 30.6 Å². The SMILES string of the molecule is Cc1ccc(C)c(-c2nnc(-c3cc(-c4nnc(-c5ccccc5)o4)cc(-c4nnc(-c5ccccc5)o4)c3)o2)c1. The van der Waals surface area contributed by atoms with E-state index in [1.807, 2.05) is 111 Å². The second kappa shape index (κ2) is 10.1. The molecule has 0 radical (unpaired) electrons. The molecule has 0 fully saturated rings. The van der Waals surface area contributed by atoms with Gasteiger partial charge in [0, 0.05) is 33.4 Å². The van der Waals surface area contributed by atoms with Gasteiger partial charge in [-0.1, -0.05) is 54.1 Å². The Labute approximate surface area is 234 Å². The fourth-order valence-corrected chi connectivity index (χ4v) is 4.49. The number of rotatable bonds is 6. The number of aryl methyl sites for hydroxylation is 2. The first-order valence-electron chi connectivity index (χ1n) is 13.0. The van der Waals surface area contributed by atoms with Crippen LogP contribution in [0.25, 0.3) is 68.7 Å². The zero-order valence-electron chi connectivity index (χ0n) is 22.1. The van der Waals surface area contributed by atoms with Crippen LogP contribution in [-0.4, -0.2) is 30.6 Å². The Hall–Kier alpha value is -5.70. The minimum Gasteiger partial charge on any atom is -0.416 e. The molecule has 0 bridgehead atoms. The van der Waals surface area contributed by atoms with Gasteiger partial charge in [-0.2, -0.15) is 0 Å². The summed E-state index contributed by atoms with van der Waals surface area (Å²) in [6, 6.07) is 30.9. The molecule has 0 saturated heterocycles. The van der Waals surface area contributed by atoms with Gasteiger partial charge in [-0.25, -0.2) is 0 Å². The smallest absolute Gasteiger partial charge is 0.248 e. The Bertz CT molecular complexity index is 1880. The third-order valence-corrected chi connectivity index (χ3v) is 6.61. The zero-order chi connectivity index (χ0) is 27.8.